The van der Waals surface area contributed by atoms with Crippen LogP contribution >= 0.6 is 0 Å². The Labute approximate surface area is 128 Å². The summed E-state index contributed by atoms with van der Waals surface area (Å²) >= 11 is 0. The Balaban J connectivity index is 1.89. The van der Waals surface area contributed by atoms with Gasteiger partial charge in [0.15, 0.2) is 0 Å². The highest BCUT2D eigenvalue weighted by atomic mass is 16.5. The number of aryl methyl sites for hydroxylation is 2. The number of nitrogens with one attached hydrogen (secondary N) is 1. The van der Waals surface area contributed by atoms with Crippen LogP contribution in [0.25, 0.3) is 0 Å². The van der Waals surface area contributed by atoms with E-state index in [1.54, 1.807) is 0 Å². The zero-order chi connectivity index (χ0) is 15.1. The molecule has 1 saturated heterocycles. The molecule has 0 amide bonds. The Hall–Kier alpha value is -1.00. The zero-order valence-corrected chi connectivity index (χ0v) is 13.7. The normalized spacial score (nSPS) is 18.3. The zero-order valence-electron chi connectivity index (χ0n) is 13.7. The molecule has 0 aromatic carbocycles. The predicted octanol–water partition coefficient (Wildman–Crippen LogP) is 2.60. The minimum atomic E-state index is 0.605. The summed E-state index contributed by atoms with van der Waals surface area (Å²) < 4.78 is 5.44. The summed E-state index contributed by atoms with van der Waals surface area (Å²) in [6.07, 6.45) is 5.52. The molecule has 2 rings (SSSR count). The highest BCUT2D eigenvalue weighted by Gasteiger charge is 2.18. The number of hydrogen-bond donors (Lipinski definition) is 1. The first-order chi connectivity index (χ1) is 10.2. The van der Waals surface area contributed by atoms with Crippen molar-refractivity contribution >= 4 is 0 Å². The van der Waals surface area contributed by atoms with Gasteiger partial charge in [0, 0.05) is 31.0 Å². The Morgan fingerprint density at radius 3 is 2.57 bits per heavy atom. The molecule has 1 aromatic rings. The first-order valence-electron chi connectivity index (χ1n) is 8.32. The summed E-state index contributed by atoms with van der Waals surface area (Å²) in [7, 11) is 0. The number of aromatic nitrogens is 2. The molecule has 0 saturated carbocycles. The molecular weight excluding hydrogens is 262 g/mol. The summed E-state index contributed by atoms with van der Waals surface area (Å²) in [6, 6.07) is 0. The van der Waals surface area contributed by atoms with Gasteiger partial charge in [0.1, 0.15) is 5.82 Å². The van der Waals surface area contributed by atoms with Crippen molar-refractivity contribution in [3.63, 3.8) is 0 Å². The van der Waals surface area contributed by atoms with E-state index in [1.165, 1.54) is 12.0 Å². The average Bonchev–Trinajstić information content (AvgIpc) is 2.94. The predicted molar refractivity (Wildman–Crippen MR) is 85.6 cm³/mol. The maximum Gasteiger partial charge on any atom is 0.129 e. The summed E-state index contributed by atoms with van der Waals surface area (Å²) in [5.74, 6) is 1.60. The van der Waals surface area contributed by atoms with Crippen LogP contribution in [0.2, 0.25) is 0 Å². The summed E-state index contributed by atoms with van der Waals surface area (Å²) in [6.45, 7) is 10.4. The highest BCUT2D eigenvalue weighted by Crippen LogP contribution is 2.19. The van der Waals surface area contributed by atoms with Crippen LogP contribution in [-0.2, 0) is 17.6 Å². The number of rotatable bonds is 8. The molecule has 2 heterocycles. The summed E-state index contributed by atoms with van der Waals surface area (Å²) in [5, 5.41) is 3.45. The van der Waals surface area contributed by atoms with E-state index >= 15 is 0 Å². The van der Waals surface area contributed by atoms with Crippen molar-refractivity contribution in [1.29, 1.82) is 0 Å². The van der Waals surface area contributed by atoms with E-state index in [4.69, 9.17) is 14.7 Å². The molecule has 21 heavy (non-hydrogen) atoms. The molecule has 1 N–H and O–H groups in total. The van der Waals surface area contributed by atoms with Gasteiger partial charge in [0.2, 0.25) is 0 Å². The summed E-state index contributed by atoms with van der Waals surface area (Å²) in [4.78, 5) is 9.45. The van der Waals surface area contributed by atoms with Crippen LogP contribution in [0.3, 0.4) is 0 Å². The smallest absolute Gasteiger partial charge is 0.129 e. The molecule has 0 radical (unpaired) electrons. The van der Waals surface area contributed by atoms with Crippen molar-refractivity contribution in [2.45, 2.75) is 52.9 Å². The first-order valence-corrected chi connectivity index (χ1v) is 8.32. The third kappa shape index (κ3) is 5.04. The third-order valence-electron chi connectivity index (χ3n) is 4.17. The maximum absolute atomic E-state index is 5.44. The van der Waals surface area contributed by atoms with Crippen molar-refractivity contribution < 1.29 is 4.74 Å². The topological polar surface area (TPSA) is 47.0 Å². The third-order valence-corrected chi connectivity index (χ3v) is 4.17. The fourth-order valence-electron chi connectivity index (χ4n) is 2.96. The second kappa shape index (κ2) is 8.44. The lowest BCUT2D eigenvalue weighted by molar-refractivity contribution is 0.185. The molecule has 0 spiro atoms. The number of hydrogen-bond acceptors (Lipinski definition) is 4. The van der Waals surface area contributed by atoms with Gasteiger partial charge in [-0.25, -0.2) is 9.97 Å². The highest BCUT2D eigenvalue weighted by molar-refractivity contribution is 5.24. The molecule has 4 nitrogen and oxygen atoms in total. The molecule has 0 bridgehead atoms. The Morgan fingerprint density at radius 2 is 1.95 bits per heavy atom. The van der Waals surface area contributed by atoms with Crippen LogP contribution < -0.4 is 5.32 Å². The molecule has 4 heteroatoms. The fourth-order valence-corrected chi connectivity index (χ4v) is 2.96. The molecule has 1 aliphatic heterocycles. The van der Waals surface area contributed by atoms with Crippen molar-refractivity contribution in [3.8, 4) is 0 Å². The average molecular weight is 291 g/mol. The van der Waals surface area contributed by atoms with Crippen LogP contribution in [0.1, 0.15) is 49.0 Å². The minimum absolute atomic E-state index is 0.605. The molecule has 1 unspecified atom stereocenters. The van der Waals surface area contributed by atoms with Crippen LogP contribution in [0.15, 0.2) is 0 Å². The minimum Gasteiger partial charge on any atom is -0.381 e. The van der Waals surface area contributed by atoms with Gasteiger partial charge in [-0.1, -0.05) is 6.92 Å². The fraction of sp³-hybridized carbons (Fsp3) is 0.765. The van der Waals surface area contributed by atoms with E-state index in [-0.39, 0.29) is 0 Å². The van der Waals surface area contributed by atoms with Gasteiger partial charge in [-0.05, 0) is 64.1 Å². The van der Waals surface area contributed by atoms with Gasteiger partial charge >= 0.3 is 0 Å². The standard InChI is InChI=1S/C17H29N3O/c1-4-8-18-9-5-6-16-13(2)19-17(20-14(16)3)11-15-7-10-21-12-15/h15,18H,4-12H2,1-3H3. The van der Waals surface area contributed by atoms with Crippen LogP contribution in [0.5, 0.6) is 0 Å². The van der Waals surface area contributed by atoms with Crippen LogP contribution in [0.4, 0.5) is 0 Å². The van der Waals surface area contributed by atoms with E-state index in [2.05, 4.69) is 26.1 Å². The molecule has 1 fully saturated rings. The molecule has 1 aromatic heterocycles. The van der Waals surface area contributed by atoms with Crippen molar-refractivity contribution in [1.82, 2.24) is 15.3 Å². The monoisotopic (exact) mass is 291 g/mol. The van der Waals surface area contributed by atoms with E-state index in [0.29, 0.717) is 5.92 Å². The van der Waals surface area contributed by atoms with Gasteiger partial charge in [0.25, 0.3) is 0 Å². The Kier molecular flexibility index (Phi) is 6.58. The molecule has 118 valence electrons. The van der Waals surface area contributed by atoms with Crippen molar-refractivity contribution in [2.75, 3.05) is 26.3 Å². The lowest BCUT2D eigenvalue weighted by Gasteiger charge is -2.13. The van der Waals surface area contributed by atoms with Gasteiger partial charge in [-0.15, -0.1) is 0 Å². The maximum atomic E-state index is 5.44. The van der Waals surface area contributed by atoms with E-state index in [9.17, 15) is 0 Å². The SMILES string of the molecule is CCCNCCCc1c(C)nc(CC2CCOC2)nc1C. The second-order valence-electron chi connectivity index (χ2n) is 6.08. The van der Waals surface area contributed by atoms with Crippen molar-refractivity contribution in [2.24, 2.45) is 5.92 Å². The van der Waals surface area contributed by atoms with Gasteiger partial charge in [-0.3, -0.25) is 0 Å². The van der Waals surface area contributed by atoms with E-state index in [0.717, 1.165) is 69.2 Å². The largest absolute Gasteiger partial charge is 0.381 e. The van der Waals surface area contributed by atoms with Crippen molar-refractivity contribution in [3.05, 3.63) is 22.8 Å². The molecular formula is C17H29N3O. The Bertz CT molecular complexity index is 419. The lowest BCUT2D eigenvalue weighted by atomic mass is 10.0. The van der Waals surface area contributed by atoms with E-state index < -0.39 is 0 Å². The lowest BCUT2D eigenvalue weighted by Crippen LogP contribution is -2.17. The van der Waals surface area contributed by atoms with E-state index in [1.807, 2.05) is 0 Å². The van der Waals surface area contributed by atoms with Crippen LogP contribution in [0, 0.1) is 19.8 Å². The first kappa shape index (κ1) is 16.4. The van der Waals surface area contributed by atoms with Gasteiger partial charge < -0.3 is 10.1 Å². The quantitative estimate of drug-likeness (QED) is 0.748. The number of nitrogens with zero attached hydrogens (tertiary/aromatic N) is 2. The molecule has 0 aliphatic carbocycles. The second-order valence-corrected chi connectivity index (χ2v) is 6.08. The molecule has 1 atom stereocenters. The molecule has 1 aliphatic rings. The van der Waals surface area contributed by atoms with Gasteiger partial charge in [-0.2, -0.15) is 0 Å². The number of ether oxygens (including phenoxy) is 1. The van der Waals surface area contributed by atoms with Gasteiger partial charge in [0.05, 0.1) is 0 Å². The van der Waals surface area contributed by atoms with Crippen LogP contribution in [-0.4, -0.2) is 36.3 Å². The summed E-state index contributed by atoms with van der Waals surface area (Å²) in [5.41, 5.74) is 3.65. The Morgan fingerprint density at radius 1 is 1.19 bits per heavy atom.